The normalized spacial score (nSPS) is 21.2. The zero-order chi connectivity index (χ0) is 17.6. The average Bonchev–Trinajstić information content (AvgIpc) is 3.17. The number of piperidine rings is 1. The minimum Gasteiger partial charge on any atom is -0.450 e. The number of benzene rings is 1. The van der Waals surface area contributed by atoms with E-state index in [1.54, 1.807) is 4.90 Å². The molecule has 6 heteroatoms. The lowest BCUT2D eigenvalue weighted by Crippen LogP contribution is -2.46. The molecule has 25 heavy (non-hydrogen) atoms. The van der Waals surface area contributed by atoms with Gasteiger partial charge in [-0.25, -0.2) is 4.79 Å². The molecule has 2 fully saturated rings. The number of carbonyl (C=O) groups excluding carboxylic acids is 2. The number of amides is 2. The maximum Gasteiger partial charge on any atom is 0.409 e. The van der Waals surface area contributed by atoms with Crippen molar-refractivity contribution in [2.24, 2.45) is 0 Å². The fraction of sp³-hybridized carbons (Fsp3) is 0.579. The molecule has 0 aliphatic carbocycles. The lowest BCUT2D eigenvalue weighted by atomic mass is 9.92. The minimum atomic E-state index is -0.258. The van der Waals surface area contributed by atoms with Crippen molar-refractivity contribution in [3.8, 4) is 0 Å². The van der Waals surface area contributed by atoms with Crippen LogP contribution in [-0.4, -0.2) is 55.7 Å². The van der Waals surface area contributed by atoms with Gasteiger partial charge < -0.3 is 20.3 Å². The van der Waals surface area contributed by atoms with Crippen LogP contribution in [-0.2, 0) is 4.74 Å². The fourth-order valence-electron chi connectivity index (χ4n) is 3.66. The molecule has 2 N–H and O–H groups in total. The van der Waals surface area contributed by atoms with Gasteiger partial charge in [0, 0.05) is 31.2 Å². The van der Waals surface area contributed by atoms with Crippen molar-refractivity contribution >= 4 is 12.0 Å². The Bertz CT molecular complexity index is 606. The predicted octanol–water partition coefficient (Wildman–Crippen LogP) is 2.11. The van der Waals surface area contributed by atoms with Crippen molar-refractivity contribution < 1.29 is 14.3 Å². The van der Waals surface area contributed by atoms with E-state index >= 15 is 0 Å². The van der Waals surface area contributed by atoms with E-state index in [2.05, 4.69) is 16.7 Å². The van der Waals surface area contributed by atoms with Crippen molar-refractivity contribution in [1.82, 2.24) is 15.5 Å². The second kappa shape index (κ2) is 8.34. The highest BCUT2D eigenvalue weighted by molar-refractivity contribution is 5.96. The molecule has 2 amide bonds. The second-order valence-electron chi connectivity index (χ2n) is 6.71. The number of hydrogen-bond acceptors (Lipinski definition) is 4. The maximum absolute atomic E-state index is 12.8. The van der Waals surface area contributed by atoms with Gasteiger partial charge in [-0.05, 0) is 50.3 Å². The van der Waals surface area contributed by atoms with Gasteiger partial charge in [0.25, 0.3) is 5.91 Å². The van der Waals surface area contributed by atoms with Gasteiger partial charge in [0.2, 0.25) is 0 Å². The highest BCUT2D eigenvalue weighted by Gasteiger charge is 2.27. The Morgan fingerprint density at radius 1 is 1.24 bits per heavy atom. The molecule has 2 aliphatic heterocycles. The number of hydrogen-bond donors (Lipinski definition) is 2. The Hall–Kier alpha value is -2.08. The van der Waals surface area contributed by atoms with Crippen LogP contribution >= 0.6 is 0 Å². The summed E-state index contributed by atoms with van der Waals surface area (Å²) in [5.41, 5.74) is 1.91. The zero-order valence-electron chi connectivity index (χ0n) is 14.8. The molecule has 0 saturated carbocycles. The van der Waals surface area contributed by atoms with Crippen molar-refractivity contribution in [3.63, 3.8) is 0 Å². The van der Waals surface area contributed by atoms with E-state index < -0.39 is 0 Å². The molecule has 2 heterocycles. The SMILES string of the molecule is CCOC(=O)N1CCC(NC(=O)c2ccccc2[C@H]2CCNC2)CC1. The van der Waals surface area contributed by atoms with Crippen LogP contribution in [0.5, 0.6) is 0 Å². The summed E-state index contributed by atoms with van der Waals surface area (Å²) in [5, 5.41) is 6.52. The largest absolute Gasteiger partial charge is 0.450 e. The van der Waals surface area contributed by atoms with E-state index in [9.17, 15) is 9.59 Å². The first-order chi connectivity index (χ1) is 12.2. The first kappa shape index (κ1) is 17.7. The molecule has 0 unspecified atom stereocenters. The molecule has 1 atom stereocenters. The Labute approximate surface area is 148 Å². The van der Waals surface area contributed by atoms with E-state index in [1.165, 1.54) is 0 Å². The lowest BCUT2D eigenvalue weighted by molar-refractivity contribution is 0.0859. The molecule has 1 aromatic rings. The molecule has 136 valence electrons. The topological polar surface area (TPSA) is 70.7 Å². The highest BCUT2D eigenvalue weighted by atomic mass is 16.6. The van der Waals surface area contributed by atoms with Gasteiger partial charge in [-0.15, -0.1) is 0 Å². The third-order valence-corrected chi connectivity index (χ3v) is 5.06. The number of ether oxygens (including phenoxy) is 1. The van der Waals surface area contributed by atoms with Gasteiger partial charge in [-0.2, -0.15) is 0 Å². The van der Waals surface area contributed by atoms with Gasteiger partial charge in [0.05, 0.1) is 6.61 Å². The van der Waals surface area contributed by atoms with Crippen LogP contribution in [0, 0.1) is 0 Å². The molecule has 3 rings (SSSR count). The first-order valence-electron chi connectivity index (χ1n) is 9.21. The first-order valence-corrected chi connectivity index (χ1v) is 9.21. The summed E-state index contributed by atoms with van der Waals surface area (Å²) in [4.78, 5) is 26.2. The third-order valence-electron chi connectivity index (χ3n) is 5.06. The van der Waals surface area contributed by atoms with Crippen molar-refractivity contribution in [2.75, 3.05) is 32.8 Å². The van der Waals surface area contributed by atoms with Crippen LogP contribution in [0.3, 0.4) is 0 Å². The van der Waals surface area contributed by atoms with Crippen LogP contribution in [0.15, 0.2) is 24.3 Å². The van der Waals surface area contributed by atoms with Crippen LogP contribution < -0.4 is 10.6 Å². The average molecular weight is 345 g/mol. The summed E-state index contributed by atoms with van der Waals surface area (Å²) in [6.45, 7) is 5.38. The molecule has 0 bridgehead atoms. The van der Waals surface area contributed by atoms with Crippen LogP contribution in [0.25, 0.3) is 0 Å². The third kappa shape index (κ3) is 4.31. The van der Waals surface area contributed by atoms with Crippen molar-refractivity contribution in [2.45, 2.75) is 38.1 Å². The van der Waals surface area contributed by atoms with Gasteiger partial charge in [-0.1, -0.05) is 18.2 Å². The maximum atomic E-state index is 12.8. The Kier molecular flexibility index (Phi) is 5.91. The molecular weight excluding hydrogens is 318 g/mol. The van der Waals surface area contributed by atoms with E-state index in [4.69, 9.17) is 4.74 Å². The summed E-state index contributed by atoms with van der Waals surface area (Å²) in [6, 6.07) is 8.01. The summed E-state index contributed by atoms with van der Waals surface area (Å²) in [6.07, 6.45) is 2.34. The minimum absolute atomic E-state index is 0.00270. The number of carbonyl (C=O) groups is 2. The van der Waals surface area contributed by atoms with Crippen LogP contribution in [0.4, 0.5) is 4.79 Å². The smallest absolute Gasteiger partial charge is 0.409 e. The molecule has 1 aromatic carbocycles. The summed E-state index contributed by atoms with van der Waals surface area (Å²) < 4.78 is 5.03. The van der Waals surface area contributed by atoms with Gasteiger partial charge >= 0.3 is 6.09 Å². The van der Waals surface area contributed by atoms with Gasteiger partial charge in [-0.3, -0.25) is 4.79 Å². The number of nitrogens with zero attached hydrogens (tertiary/aromatic N) is 1. The monoisotopic (exact) mass is 345 g/mol. The van der Waals surface area contributed by atoms with Gasteiger partial charge in [0.1, 0.15) is 0 Å². The summed E-state index contributed by atoms with van der Waals surface area (Å²) >= 11 is 0. The molecule has 0 radical (unpaired) electrons. The number of rotatable bonds is 4. The highest BCUT2D eigenvalue weighted by Crippen LogP contribution is 2.26. The van der Waals surface area contributed by atoms with E-state index in [0.29, 0.717) is 25.6 Å². The van der Waals surface area contributed by atoms with E-state index in [0.717, 1.165) is 43.5 Å². The standard InChI is InChI=1S/C19H27N3O3/c1-2-25-19(24)22-11-8-15(9-12-22)21-18(23)17-6-4-3-5-16(17)14-7-10-20-13-14/h3-6,14-15,20H,2,7-13H2,1H3,(H,21,23)/t14-/m0/s1. The molecular formula is C19H27N3O3. The van der Waals surface area contributed by atoms with Crippen molar-refractivity contribution in [1.29, 1.82) is 0 Å². The van der Waals surface area contributed by atoms with E-state index in [-0.39, 0.29) is 18.0 Å². The lowest BCUT2D eigenvalue weighted by Gasteiger charge is -2.31. The van der Waals surface area contributed by atoms with Gasteiger partial charge in [0.15, 0.2) is 0 Å². The second-order valence-corrected chi connectivity index (χ2v) is 6.71. The zero-order valence-corrected chi connectivity index (χ0v) is 14.8. The summed E-state index contributed by atoms with van der Waals surface area (Å²) in [7, 11) is 0. The Morgan fingerprint density at radius 3 is 2.68 bits per heavy atom. The molecule has 2 aliphatic rings. The Balaban J connectivity index is 1.58. The predicted molar refractivity (Wildman–Crippen MR) is 95.8 cm³/mol. The summed E-state index contributed by atoms with van der Waals surface area (Å²) in [5.74, 6) is 0.407. The Morgan fingerprint density at radius 2 is 2.00 bits per heavy atom. The molecule has 0 aromatic heterocycles. The number of likely N-dealkylation sites (tertiary alicyclic amines) is 1. The van der Waals surface area contributed by atoms with Crippen LogP contribution in [0.1, 0.15) is 48.0 Å². The molecule has 6 nitrogen and oxygen atoms in total. The number of nitrogens with one attached hydrogen (secondary N) is 2. The van der Waals surface area contributed by atoms with E-state index in [1.807, 2.05) is 25.1 Å². The van der Waals surface area contributed by atoms with Crippen LogP contribution in [0.2, 0.25) is 0 Å². The quantitative estimate of drug-likeness (QED) is 0.877. The molecule has 2 saturated heterocycles. The fourth-order valence-corrected chi connectivity index (χ4v) is 3.66. The molecule has 0 spiro atoms. The van der Waals surface area contributed by atoms with Crippen molar-refractivity contribution in [3.05, 3.63) is 35.4 Å².